The zero-order valence-corrected chi connectivity index (χ0v) is 21.1. The van der Waals surface area contributed by atoms with Crippen LogP contribution in [0.25, 0.3) is 0 Å². The summed E-state index contributed by atoms with van der Waals surface area (Å²) in [6.45, 7) is 6.14. The predicted octanol–water partition coefficient (Wildman–Crippen LogP) is 3.75. The molecule has 1 atom stereocenters. The number of anilines is 1. The second-order valence-corrected chi connectivity index (χ2v) is 10.2. The van der Waals surface area contributed by atoms with E-state index in [-0.39, 0.29) is 31.3 Å². The highest BCUT2D eigenvalue weighted by Crippen LogP contribution is 2.23. The monoisotopic (exact) mass is 493 g/mol. The van der Waals surface area contributed by atoms with Gasteiger partial charge < -0.3 is 10.2 Å². The lowest BCUT2D eigenvalue weighted by Gasteiger charge is -2.29. The predicted molar refractivity (Wildman–Crippen MR) is 133 cm³/mol. The van der Waals surface area contributed by atoms with Crippen molar-refractivity contribution in [2.75, 3.05) is 23.7 Å². The largest absolute Gasteiger partial charge is 0.355 e. The fourth-order valence-corrected chi connectivity index (χ4v) is 4.76. The molecule has 0 bridgehead atoms. The Hall–Kier alpha value is -2.58. The molecule has 2 aromatic carbocycles. The maximum absolute atomic E-state index is 13.2. The van der Waals surface area contributed by atoms with Gasteiger partial charge in [0.25, 0.3) is 0 Å². The van der Waals surface area contributed by atoms with E-state index in [1.54, 1.807) is 31.2 Å². The summed E-state index contributed by atoms with van der Waals surface area (Å²) in [7, 11) is -3.52. The van der Waals surface area contributed by atoms with E-state index >= 15 is 0 Å². The van der Waals surface area contributed by atoms with Gasteiger partial charge in [0.1, 0.15) is 6.04 Å². The summed E-state index contributed by atoms with van der Waals surface area (Å²) in [4.78, 5) is 27.1. The number of nitrogens with one attached hydrogen (secondary N) is 1. The van der Waals surface area contributed by atoms with E-state index in [4.69, 9.17) is 11.6 Å². The number of rotatable bonds is 11. The Bertz CT molecular complexity index is 1070. The summed E-state index contributed by atoms with van der Waals surface area (Å²) < 4.78 is 26.1. The highest BCUT2D eigenvalue weighted by Gasteiger charge is 2.27. The van der Waals surface area contributed by atoms with Crippen molar-refractivity contribution in [2.45, 2.75) is 46.2 Å². The number of nitrogens with zero attached hydrogens (tertiary/aromatic N) is 2. The molecule has 0 aromatic heterocycles. The van der Waals surface area contributed by atoms with Gasteiger partial charge in [0.2, 0.25) is 21.8 Å². The lowest BCUT2D eigenvalue weighted by Crippen LogP contribution is -2.47. The van der Waals surface area contributed by atoms with Gasteiger partial charge in [-0.2, -0.15) is 0 Å². The molecule has 0 aliphatic carbocycles. The summed E-state index contributed by atoms with van der Waals surface area (Å²) in [6, 6.07) is 13.7. The lowest BCUT2D eigenvalue weighted by atomic mass is 10.1. The number of sulfonamides is 1. The molecule has 0 radical (unpaired) electrons. The molecule has 2 rings (SSSR count). The fraction of sp³-hybridized carbons (Fsp3) is 0.417. The number of carbonyl (C=O) groups excluding carboxylic acids is 2. The van der Waals surface area contributed by atoms with E-state index in [0.29, 0.717) is 23.7 Å². The van der Waals surface area contributed by atoms with Crippen LogP contribution in [0.15, 0.2) is 48.5 Å². The summed E-state index contributed by atoms with van der Waals surface area (Å²) >= 11 is 6.29. The van der Waals surface area contributed by atoms with E-state index in [2.05, 4.69) is 5.32 Å². The van der Waals surface area contributed by atoms with Crippen LogP contribution in [-0.4, -0.2) is 50.5 Å². The highest BCUT2D eigenvalue weighted by atomic mass is 35.5. The number of aryl methyl sites for hydroxylation is 1. The number of likely N-dealkylation sites (N-methyl/N-ethyl adjacent to an activating group) is 1. The van der Waals surface area contributed by atoms with Crippen LogP contribution in [0.2, 0.25) is 5.02 Å². The average molecular weight is 494 g/mol. The molecule has 33 heavy (non-hydrogen) atoms. The topological polar surface area (TPSA) is 86.8 Å². The van der Waals surface area contributed by atoms with Crippen molar-refractivity contribution in [3.63, 3.8) is 0 Å². The first-order valence-corrected chi connectivity index (χ1v) is 13.1. The summed E-state index contributed by atoms with van der Waals surface area (Å²) in [5.74, 6) is -0.498. The van der Waals surface area contributed by atoms with Crippen molar-refractivity contribution >= 4 is 39.1 Å². The van der Waals surface area contributed by atoms with Crippen molar-refractivity contribution < 1.29 is 18.0 Å². The summed E-state index contributed by atoms with van der Waals surface area (Å²) in [5, 5.41) is 3.26. The maximum atomic E-state index is 13.2. The number of halogens is 1. The van der Waals surface area contributed by atoms with Gasteiger partial charge in [0.15, 0.2) is 0 Å². The van der Waals surface area contributed by atoms with Crippen molar-refractivity contribution in [3.05, 3.63) is 64.7 Å². The van der Waals surface area contributed by atoms with Gasteiger partial charge in [-0.05, 0) is 50.5 Å². The molecular formula is C24H32ClN3O4S. The van der Waals surface area contributed by atoms with Crippen LogP contribution in [0.5, 0.6) is 0 Å². The van der Waals surface area contributed by atoms with Crippen LogP contribution in [0, 0.1) is 6.92 Å². The zero-order valence-electron chi connectivity index (χ0n) is 19.5. The van der Waals surface area contributed by atoms with Crippen molar-refractivity contribution in [1.29, 1.82) is 0 Å². The second kappa shape index (κ2) is 12.0. The third-order valence-electron chi connectivity index (χ3n) is 5.35. The average Bonchev–Trinajstić information content (AvgIpc) is 2.75. The zero-order chi connectivity index (χ0) is 24.6. The molecule has 0 saturated carbocycles. The Morgan fingerprint density at radius 3 is 2.33 bits per heavy atom. The van der Waals surface area contributed by atoms with E-state index in [1.807, 2.05) is 38.1 Å². The van der Waals surface area contributed by atoms with Gasteiger partial charge in [0, 0.05) is 31.1 Å². The van der Waals surface area contributed by atoms with Crippen LogP contribution in [-0.2, 0) is 26.2 Å². The maximum Gasteiger partial charge on any atom is 0.242 e. The number of para-hydroxylation sites is 1. The van der Waals surface area contributed by atoms with Gasteiger partial charge in [-0.3, -0.25) is 13.9 Å². The molecule has 7 nitrogen and oxygen atoms in total. The Kier molecular flexibility index (Phi) is 9.73. The van der Waals surface area contributed by atoms with Crippen LogP contribution in [0.1, 0.15) is 37.8 Å². The van der Waals surface area contributed by atoms with Gasteiger partial charge in [-0.1, -0.05) is 48.0 Å². The number of hydrogen-bond acceptors (Lipinski definition) is 4. The Morgan fingerprint density at radius 2 is 1.73 bits per heavy atom. The number of benzene rings is 2. The molecule has 180 valence electrons. The first-order chi connectivity index (χ1) is 15.6. The van der Waals surface area contributed by atoms with Crippen molar-refractivity contribution in [2.24, 2.45) is 0 Å². The first kappa shape index (κ1) is 26.7. The van der Waals surface area contributed by atoms with Crippen LogP contribution in [0.4, 0.5) is 5.69 Å². The molecule has 0 aliphatic rings. The van der Waals surface area contributed by atoms with Crippen LogP contribution >= 0.6 is 11.6 Å². The quantitative estimate of drug-likeness (QED) is 0.516. The third kappa shape index (κ3) is 7.47. The molecule has 2 amide bonds. The number of carbonyl (C=O) groups is 2. The molecule has 0 unspecified atom stereocenters. The van der Waals surface area contributed by atoms with E-state index in [1.165, 1.54) is 9.21 Å². The highest BCUT2D eigenvalue weighted by molar-refractivity contribution is 7.92. The molecule has 9 heteroatoms. The first-order valence-electron chi connectivity index (χ1n) is 10.9. The van der Waals surface area contributed by atoms with Gasteiger partial charge in [-0.15, -0.1) is 0 Å². The molecule has 0 fully saturated rings. The summed E-state index contributed by atoms with van der Waals surface area (Å²) in [6.07, 6.45) is 1.55. The SMILES string of the molecule is CCNC(=O)[C@@H](C)N(Cc1ccccc1Cl)C(=O)CCCN(c1ccccc1C)S(C)(=O)=O. The lowest BCUT2D eigenvalue weighted by molar-refractivity contribution is -0.140. The number of amides is 2. The van der Waals surface area contributed by atoms with Crippen LogP contribution < -0.4 is 9.62 Å². The fourth-order valence-electron chi connectivity index (χ4n) is 3.54. The third-order valence-corrected chi connectivity index (χ3v) is 6.90. The Balaban J connectivity index is 2.18. The molecule has 0 saturated heterocycles. The van der Waals surface area contributed by atoms with Gasteiger partial charge in [0.05, 0.1) is 11.9 Å². The second-order valence-electron chi connectivity index (χ2n) is 7.91. The Morgan fingerprint density at radius 1 is 1.09 bits per heavy atom. The minimum absolute atomic E-state index is 0.0894. The van der Waals surface area contributed by atoms with Crippen LogP contribution in [0.3, 0.4) is 0 Å². The molecule has 1 N–H and O–H groups in total. The van der Waals surface area contributed by atoms with E-state index in [9.17, 15) is 18.0 Å². The van der Waals surface area contributed by atoms with Crippen molar-refractivity contribution in [1.82, 2.24) is 10.2 Å². The Labute approximate surface area is 201 Å². The molecule has 2 aromatic rings. The minimum Gasteiger partial charge on any atom is -0.355 e. The molecule has 0 aliphatic heterocycles. The normalized spacial score (nSPS) is 12.2. The standard InChI is InChI=1S/C24H32ClN3O4S/c1-5-26-24(30)19(3)27(17-20-12-7-8-13-21(20)25)23(29)15-10-16-28(33(4,31)32)22-14-9-6-11-18(22)2/h6-9,11-14,19H,5,10,15-17H2,1-4H3,(H,26,30)/t19-/m1/s1. The van der Waals surface area contributed by atoms with Gasteiger partial charge >= 0.3 is 0 Å². The van der Waals surface area contributed by atoms with E-state index in [0.717, 1.165) is 17.4 Å². The smallest absolute Gasteiger partial charge is 0.242 e. The molecule has 0 heterocycles. The van der Waals surface area contributed by atoms with Crippen molar-refractivity contribution in [3.8, 4) is 0 Å². The van der Waals surface area contributed by atoms with E-state index < -0.39 is 16.1 Å². The molecule has 0 spiro atoms. The number of hydrogen-bond donors (Lipinski definition) is 1. The minimum atomic E-state index is -3.52. The molecular weight excluding hydrogens is 462 g/mol. The van der Waals surface area contributed by atoms with Gasteiger partial charge in [-0.25, -0.2) is 8.42 Å². The summed E-state index contributed by atoms with van der Waals surface area (Å²) in [5.41, 5.74) is 2.16.